The number of aromatic nitrogens is 3. The van der Waals surface area contributed by atoms with Crippen molar-refractivity contribution in [1.29, 1.82) is 0 Å². The van der Waals surface area contributed by atoms with Gasteiger partial charge in [-0.3, -0.25) is 0 Å². The van der Waals surface area contributed by atoms with Crippen LogP contribution in [0.2, 0.25) is 10.0 Å². The molecule has 3 nitrogen and oxygen atoms in total. The Hall–Kier alpha value is -0.160. The molecule has 110 valence electrons. The zero-order valence-corrected chi connectivity index (χ0v) is 17.4. The van der Waals surface area contributed by atoms with Crippen LogP contribution in [0, 0.1) is 18.4 Å². The van der Waals surface area contributed by atoms with E-state index in [9.17, 15) is 0 Å². The van der Waals surface area contributed by atoms with Crippen LogP contribution in [0.3, 0.4) is 0 Å². The van der Waals surface area contributed by atoms with E-state index in [0.29, 0.717) is 5.02 Å². The number of imidazole rings is 1. The number of benzene rings is 2. The molecule has 0 fully saturated rings. The van der Waals surface area contributed by atoms with Crippen LogP contribution in [0.25, 0.3) is 32.4 Å². The number of halogens is 4. The summed E-state index contributed by atoms with van der Waals surface area (Å²) in [4.78, 5) is 12.4. The minimum Gasteiger partial charge on any atom is -0.333 e. The number of aromatic amines is 1. The fraction of sp³-hybridized carbons (Fsp3) is 0. The zero-order valence-electron chi connectivity index (χ0n) is 10.7. The predicted octanol–water partition coefficient (Wildman–Crippen LogP) is 5.40. The molecule has 0 radical (unpaired) electrons. The van der Waals surface area contributed by atoms with E-state index in [1.54, 1.807) is 11.3 Å². The van der Waals surface area contributed by atoms with Crippen LogP contribution in [0.4, 0.5) is 0 Å². The van der Waals surface area contributed by atoms with Crippen LogP contribution >= 0.6 is 68.1 Å². The maximum absolute atomic E-state index is 6.29. The standard InChI is InChI=1S/C14H6Cl2I2N3S/c15-5-1-7(11-9(3-5)19-13(17)21-11)8-2-6(16)4-10-12(8)22-14(18)20-10/h1-4,15H,(H,19,21)/q+1. The maximum atomic E-state index is 6.29. The second-order valence-electron chi connectivity index (χ2n) is 4.66. The van der Waals surface area contributed by atoms with Crippen molar-refractivity contribution < 1.29 is 11.6 Å². The van der Waals surface area contributed by atoms with Crippen molar-refractivity contribution in [3.63, 3.8) is 0 Å². The average Bonchev–Trinajstić information content (AvgIpc) is 2.97. The third kappa shape index (κ3) is 2.62. The fourth-order valence-electron chi connectivity index (χ4n) is 2.44. The Kier molecular flexibility index (Phi) is 4.00. The van der Waals surface area contributed by atoms with Gasteiger partial charge >= 0.3 is 0 Å². The first-order valence-corrected chi connectivity index (χ1v) is 9.89. The molecule has 4 aromatic rings. The van der Waals surface area contributed by atoms with Crippen LogP contribution in [0.1, 0.15) is 0 Å². The summed E-state index contributed by atoms with van der Waals surface area (Å²) < 4.78 is 2.93. The lowest BCUT2D eigenvalue weighted by Crippen LogP contribution is -1.84. The van der Waals surface area contributed by atoms with Gasteiger partial charge in [-0.2, -0.15) is 0 Å². The minimum absolute atomic E-state index is 0.664. The third-order valence-electron chi connectivity index (χ3n) is 3.25. The number of hydrogen-bond donors (Lipinski definition) is 1. The smallest absolute Gasteiger partial charge is 0.228 e. The van der Waals surface area contributed by atoms with E-state index in [-0.39, 0.29) is 0 Å². The van der Waals surface area contributed by atoms with E-state index in [4.69, 9.17) is 23.2 Å². The highest BCUT2D eigenvalue weighted by Crippen LogP contribution is 2.39. The van der Waals surface area contributed by atoms with Crippen LogP contribution in [-0.2, 0) is 0 Å². The molecule has 0 aliphatic heterocycles. The first-order valence-electron chi connectivity index (χ1n) is 6.13. The summed E-state index contributed by atoms with van der Waals surface area (Å²) in [5, 5.41) is 1.44. The summed E-state index contributed by atoms with van der Waals surface area (Å²) in [5.41, 5.74) is 4.78. The molecule has 0 unspecified atom stereocenters. The summed E-state index contributed by atoms with van der Waals surface area (Å²) in [6.45, 7) is 0. The Balaban J connectivity index is 2.15. The lowest BCUT2D eigenvalue weighted by atomic mass is 10.0. The number of hydrogen-bond acceptors (Lipinski definition) is 3. The number of nitrogens with one attached hydrogen (secondary N) is 1. The Morgan fingerprint density at radius 2 is 1.91 bits per heavy atom. The van der Waals surface area contributed by atoms with Crippen LogP contribution in [-0.4, -0.2) is 15.0 Å². The highest BCUT2D eigenvalue weighted by molar-refractivity contribution is 14.1. The molecule has 4 rings (SSSR count). The van der Waals surface area contributed by atoms with Crippen molar-refractivity contribution >= 4 is 89.4 Å². The molecule has 2 aromatic heterocycles. The van der Waals surface area contributed by atoms with E-state index < -0.39 is 0 Å². The molecule has 22 heavy (non-hydrogen) atoms. The molecule has 0 saturated carbocycles. The predicted molar refractivity (Wildman–Crippen MR) is 106 cm³/mol. The van der Waals surface area contributed by atoms with Gasteiger partial charge in [-0.1, -0.05) is 11.6 Å². The van der Waals surface area contributed by atoms with E-state index in [1.165, 1.54) is 0 Å². The van der Waals surface area contributed by atoms with Gasteiger partial charge in [0.05, 0.1) is 21.3 Å². The van der Waals surface area contributed by atoms with Crippen molar-refractivity contribution in [3.8, 4) is 11.1 Å². The van der Waals surface area contributed by atoms with Crippen LogP contribution in [0.5, 0.6) is 0 Å². The number of rotatable bonds is 1. The molecule has 0 spiro atoms. The molecule has 2 aromatic carbocycles. The highest BCUT2D eigenvalue weighted by atomic mass is 127. The van der Waals surface area contributed by atoms with Gasteiger partial charge in [-0.05, 0) is 57.3 Å². The van der Waals surface area contributed by atoms with Crippen LogP contribution in [0.15, 0.2) is 24.3 Å². The molecule has 0 aliphatic carbocycles. The van der Waals surface area contributed by atoms with Gasteiger partial charge in [-0.25, -0.2) is 9.97 Å². The molecule has 1 N–H and O–H groups in total. The Morgan fingerprint density at radius 1 is 1.09 bits per heavy atom. The Bertz CT molecular complexity index is 958. The van der Waals surface area contributed by atoms with E-state index in [0.717, 1.165) is 44.2 Å². The Labute approximate surface area is 166 Å². The number of nitrogens with zero attached hydrogens (tertiary/aromatic N) is 2. The normalized spacial score (nSPS) is 11.6. The summed E-state index contributed by atoms with van der Waals surface area (Å²) in [6, 6.07) is 7.76. The molecule has 2 heterocycles. The van der Waals surface area contributed by atoms with Crippen molar-refractivity contribution in [2.45, 2.75) is 0 Å². The second kappa shape index (κ2) is 5.73. The first-order chi connectivity index (χ1) is 10.5. The molecule has 0 amide bonds. The molecule has 0 aliphatic rings. The topological polar surface area (TPSA) is 41.6 Å². The lowest BCUT2D eigenvalue weighted by molar-refractivity contribution is -0.288. The van der Waals surface area contributed by atoms with E-state index >= 15 is 0 Å². The van der Waals surface area contributed by atoms with Gasteiger partial charge in [0.1, 0.15) is 0 Å². The van der Waals surface area contributed by atoms with Gasteiger partial charge in [0.15, 0.2) is 18.4 Å². The number of thiazole rings is 1. The zero-order chi connectivity index (χ0) is 15.4. The maximum Gasteiger partial charge on any atom is 0.228 e. The van der Waals surface area contributed by atoms with Gasteiger partial charge in [0.25, 0.3) is 0 Å². The largest absolute Gasteiger partial charge is 0.333 e. The van der Waals surface area contributed by atoms with Crippen molar-refractivity contribution in [2.75, 3.05) is 0 Å². The summed E-state index contributed by atoms with van der Waals surface area (Å²) in [7, 11) is 0. The number of H-pyrrole nitrogens is 1. The Morgan fingerprint density at radius 3 is 2.73 bits per heavy atom. The van der Waals surface area contributed by atoms with Crippen LogP contribution < -0.4 is 0 Å². The highest BCUT2D eigenvalue weighted by Gasteiger charge is 2.17. The van der Waals surface area contributed by atoms with Crippen molar-refractivity contribution in [1.82, 2.24) is 15.0 Å². The second-order valence-corrected chi connectivity index (χ2v) is 9.35. The van der Waals surface area contributed by atoms with E-state index in [1.807, 2.05) is 24.3 Å². The SMILES string of the molecule is Clc1cc(-c2cc([ClH+])cc3[nH]c(I)nc23)c2sc(I)nc2c1. The van der Waals surface area contributed by atoms with Gasteiger partial charge in [0, 0.05) is 28.3 Å². The molecule has 0 bridgehead atoms. The van der Waals surface area contributed by atoms with Gasteiger partial charge < -0.3 is 4.98 Å². The summed E-state index contributed by atoms with van der Waals surface area (Å²) in [5.74, 6) is 0. The quantitative estimate of drug-likeness (QED) is 0.311. The minimum atomic E-state index is 0.664. The molecular formula is C14H6Cl2I2N3S+. The molecular weight excluding hydrogens is 567 g/mol. The van der Waals surface area contributed by atoms with Gasteiger partial charge in [-0.15, -0.1) is 11.3 Å². The molecule has 0 atom stereocenters. The lowest BCUT2D eigenvalue weighted by Gasteiger charge is -2.04. The monoisotopic (exact) mass is 572 g/mol. The van der Waals surface area contributed by atoms with E-state index in [2.05, 4.69) is 60.1 Å². The van der Waals surface area contributed by atoms with Crippen molar-refractivity contribution in [2.24, 2.45) is 0 Å². The van der Waals surface area contributed by atoms with Crippen molar-refractivity contribution in [3.05, 3.63) is 41.2 Å². The number of fused-ring (bicyclic) bond motifs is 2. The van der Waals surface area contributed by atoms with Gasteiger partial charge in [0.2, 0.25) is 5.02 Å². The fourth-order valence-corrected chi connectivity index (χ4v) is 5.14. The third-order valence-corrected chi connectivity index (χ3v) is 6.01. The summed E-state index contributed by atoms with van der Waals surface area (Å²) >= 11 is 17.7. The summed E-state index contributed by atoms with van der Waals surface area (Å²) in [6.07, 6.45) is 0. The average molecular weight is 573 g/mol. The first kappa shape index (κ1) is 15.4. The molecule has 8 heteroatoms. The molecule has 0 saturated heterocycles.